The highest BCUT2D eigenvalue weighted by atomic mass is 32.2. The minimum absolute atomic E-state index is 0.124. The Kier molecular flexibility index (Phi) is 4.03. The van der Waals surface area contributed by atoms with Crippen LogP contribution in [0, 0.1) is 17.1 Å². The molecule has 0 aromatic heterocycles. The van der Waals surface area contributed by atoms with E-state index >= 15 is 0 Å². The summed E-state index contributed by atoms with van der Waals surface area (Å²) in [6.45, 7) is 2.90. The quantitative estimate of drug-likeness (QED) is 0.827. The average Bonchev–Trinajstić information content (AvgIpc) is 2.74. The van der Waals surface area contributed by atoms with Crippen LogP contribution in [0.4, 0.5) is 4.39 Å². The molecule has 0 amide bonds. The Morgan fingerprint density at radius 2 is 2.41 bits per heavy atom. The van der Waals surface area contributed by atoms with E-state index in [-0.39, 0.29) is 11.7 Å². The second-order valence-electron chi connectivity index (χ2n) is 4.14. The summed E-state index contributed by atoms with van der Waals surface area (Å²) in [5, 5.41) is 9.25. The minimum Gasteiger partial charge on any atom is -0.377 e. The lowest BCUT2D eigenvalue weighted by Crippen LogP contribution is -2.13. The third kappa shape index (κ3) is 2.99. The summed E-state index contributed by atoms with van der Waals surface area (Å²) in [5.41, 5.74) is 1.12. The second kappa shape index (κ2) is 5.52. The molecule has 0 aliphatic carbocycles. The molecule has 0 bridgehead atoms. The molecule has 0 N–H and O–H groups in total. The zero-order valence-corrected chi connectivity index (χ0v) is 10.5. The number of hydrogen-bond donors (Lipinski definition) is 0. The molecule has 1 heterocycles. The molecular formula is C13H14FNOS. The highest BCUT2D eigenvalue weighted by molar-refractivity contribution is 7.99. The predicted octanol–water partition coefficient (Wildman–Crippen LogP) is 3.11. The van der Waals surface area contributed by atoms with Gasteiger partial charge in [0.15, 0.2) is 0 Å². The smallest absolute Gasteiger partial charge is 0.140 e. The van der Waals surface area contributed by atoms with Crippen LogP contribution in [0.3, 0.4) is 0 Å². The van der Waals surface area contributed by atoms with Crippen molar-refractivity contribution in [3.63, 3.8) is 0 Å². The molecular weight excluding hydrogens is 237 g/mol. The molecule has 1 saturated heterocycles. The van der Waals surface area contributed by atoms with E-state index in [1.807, 2.05) is 17.8 Å². The highest BCUT2D eigenvalue weighted by Gasteiger charge is 2.24. The molecule has 1 aromatic rings. The number of thioether (sulfide) groups is 1. The first-order chi connectivity index (χ1) is 8.20. The van der Waals surface area contributed by atoms with Gasteiger partial charge < -0.3 is 4.74 Å². The lowest BCUT2D eigenvalue weighted by Gasteiger charge is -2.13. The third-order valence-corrected chi connectivity index (χ3v) is 4.47. The molecule has 0 saturated carbocycles. The summed E-state index contributed by atoms with van der Waals surface area (Å²) in [4.78, 5) is 0. The van der Waals surface area contributed by atoms with Crippen LogP contribution in [-0.4, -0.2) is 18.0 Å². The van der Waals surface area contributed by atoms with Crippen LogP contribution in [0.5, 0.6) is 0 Å². The van der Waals surface area contributed by atoms with E-state index in [0.717, 1.165) is 24.3 Å². The molecule has 17 heavy (non-hydrogen) atoms. The van der Waals surface area contributed by atoms with Crippen molar-refractivity contribution < 1.29 is 9.13 Å². The maximum atomic E-state index is 13.1. The Balaban J connectivity index is 1.97. The van der Waals surface area contributed by atoms with Crippen molar-refractivity contribution in [2.75, 3.05) is 6.61 Å². The Bertz CT molecular complexity index is 444. The Hall–Kier alpha value is -1.05. The number of nitrogens with zero attached hydrogens (tertiary/aromatic N) is 1. The number of rotatable bonds is 3. The van der Waals surface area contributed by atoms with Crippen molar-refractivity contribution in [3.8, 4) is 6.07 Å². The van der Waals surface area contributed by atoms with Gasteiger partial charge in [-0.25, -0.2) is 4.39 Å². The number of benzene rings is 1. The van der Waals surface area contributed by atoms with E-state index in [9.17, 15) is 4.39 Å². The van der Waals surface area contributed by atoms with Crippen molar-refractivity contribution in [2.24, 2.45) is 0 Å². The van der Waals surface area contributed by atoms with Crippen LogP contribution < -0.4 is 0 Å². The normalized spacial score (nSPS) is 23.6. The number of ether oxygens (including phenoxy) is 1. The van der Waals surface area contributed by atoms with E-state index in [1.54, 1.807) is 12.1 Å². The van der Waals surface area contributed by atoms with Crippen LogP contribution in [0.25, 0.3) is 0 Å². The minimum atomic E-state index is -0.446. The van der Waals surface area contributed by atoms with Gasteiger partial charge in [-0.3, -0.25) is 0 Å². The second-order valence-corrected chi connectivity index (χ2v) is 5.37. The van der Waals surface area contributed by atoms with Crippen molar-refractivity contribution >= 4 is 11.8 Å². The molecule has 1 aromatic carbocycles. The standard InChI is InChI=1S/C13H14FNOS/c1-9-13(4-5-16-9)17-8-10-2-3-12(14)11(6-10)7-15/h2-3,6,9,13H,4-5,8H2,1H3. The lowest BCUT2D eigenvalue weighted by molar-refractivity contribution is 0.127. The lowest BCUT2D eigenvalue weighted by atomic mass is 10.1. The number of halogens is 1. The number of hydrogen-bond acceptors (Lipinski definition) is 3. The molecule has 2 rings (SSSR count). The van der Waals surface area contributed by atoms with Crippen LogP contribution in [0.1, 0.15) is 24.5 Å². The summed E-state index contributed by atoms with van der Waals surface area (Å²) in [7, 11) is 0. The zero-order chi connectivity index (χ0) is 12.3. The van der Waals surface area contributed by atoms with E-state index in [0.29, 0.717) is 5.25 Å². The van der Waals surface area contributed by atoms with Crippen molar-refractivity contribution in [2.45, 2.75) is 30.5 Å². The molecule has 1 fully saturated rings. The predicted molar refractivity (Wildman–Crippen MR) is 66.2 cm³/mol. The fourth-order valence-electron chi connectivity index (χ4n) is 1.88. The Labute approximate surface area is 105 Å². The van der Waals surface area contributed by atoms with Gasteiger partial charge >= 0.3 is 0 Å². The van der Waals surface area contributed by atoms with Crippen LogP contribution in [-0.2, 0) is 10.5 Å². The van der Waals surface area contributed by atoms with Crippen molar-refractivity contribution in [3.05, 3.63) is 35.1 Å². The highest BCUT2D eigenvalue weighted by Crippen LogP contribution is 2.29. The SMILES string of the molecule is CC1OCCC1SCc1ccc(F)c(C#N)c1. The van der Waals surface area contributed by atoms with Gasteiger partial charge in [0.1, 0.15) is 11.9 Å². The molecule has 0 radical (unpaired) electrons. The van der Waals surface area contributed by atoms with Gasteiger partial charge in [-0.05, 0) is 31.0 Å². The van der Waals surface area contributed by atoms with Crippen molar-refractivity contribution in [1.82, 2.24) is 0 Å². The topological polar surface area (TPSA) is 33.0 Å². The third-order valence-electron chi connectivity index (χ3n) is 2.92. The largest absolute Gasteiger partial charge is 0.377 e. The summed E-state index contributed by atoms with van der Waals surface area (Å²) < 4.78 is 18.6. The first-order valence-corrected chi connectivity index (χ1v) is 6.67. The molecule has 2 nitrogen and oxygen atoms in total. The van der Waals surface area contributed by atoms with Crippen molar-refractivity contribution in [1.29, 1.82) is 5.26 Å². The van der Waals surface area contributed by atoms with E-state index in [1.165, 1.54) is 6.07 Å². The maximum absolute atomic E-state index is 13.1. The molecule has 1 aliphatic rings. The Morgan fingerprint density at radius 1 is 1.59 bits per heavy atom. The van der Waals surface area contributed by atoms with E-state index in [2.05, 4.69) is 6.92 Å². The zero-order valence-electron chi connectivity index (χ0n) is 9.65. The van der Waals surface area contributed by atoms with Gasteiger partial charge in [-0.15, -0.1) is 0 Å². The van der Waals surface area contributed by atoms with E-state index in [4.69, 9.17) is 10.00 Å². The van der Waals surface area contributed by atoms with Crippen LogP contribution in [0.15, 0.2) is 18.2 Å². The molecule has 0 spiro atoms. The van der Waals surface area contributed by atoms with Gasteiger partial charge in [0, 0.05) is 17.6 Å². The maximum Gasteiger partial charge on any atom is 0.140 e. The first kappa shape index (κ1) is 12.4. The molecule has 90 valence electrons. The fraction of sp³-hybridized carbons (Fsp3) is 0.462. The fourth-order valence-corrected chi connectivity index (χ4v) is 3.08. The molecule has 1 aliphatic heterocycles. The molecule has 2 atom stereocenters. The summed E-state index contributed by atoms with van der Waals surface area (Å²) in [6, 6.07) is 6.60. The van der Waals surface area contributed by atoms with Gasteiger partial charge in [0.05, 0.1) is 11.7 Å². The molecule has 2 unspecified atom stereocenters. The van der Waals surface area contributed by atoms with Gasteiger partial charge in [-0.2, -0.15) is 17.0 Å². The number of nitriles is 1. The summed E-state index contributed by atoms with van der Waals surface area (Å²) >= 11 is 1.81. The van der Waals surface area contributed by atoms with Gasteiger partial charge in [0.2, 0.25) is 0 Å². The van der Waals surface area contributed by atoms with Gasteiger partial charge in [0.25, 0.3) is 0 Å². The molecule has 4 heteroatoms. The van der Waals surface area contributed by atoms with Crippen LogP contribution >= 0.6 is 11.8 Å². The van der Waals surface area contributed by atoms with Gasteiger partial charge in [-0.1, -0.05) is 6.07 Å². The van der Waals surface area contributed by atoms with E-state index < -0.39 is 5.82 Å². The monoisotopic (exact) mass is 251 g/mol. The first-order valence-electron chi connectivity index (χ1n) is 5.62. The van der Waals surface area contributed by atoms with Crippen LogP contribution in [0.2, 0.25) is 0 Å². The summed E-state index contributed by atoms with van der Waals surface area (Å²) in [6.07, 6.45) is 1.36. The summed E-state index contributed by atoms with van der Waals surface area (Å²) in [5.74, 6) is 0.353. The average molecular weight is 251 g/mol. The Morgan fingerprint density at radius 3 is 3.06 bits per heavy atom.